The third-order valence-electron chi connectivity index (χ3n) is 2.95. The van der Waals surface area contributed by atoms with Crippen molar-refractivity contribution in [2.45, 2.75) is 25.3 Å². The fourth-order valence-corrected chi connectivity index (χ4v) is 2.68. The second-order valence-corrected chi connectivity index (χ2v) is 4.56. The first kappa shape index (κ1) is 9.99. The lowest BCUT2D eigenvalue weighted by molar-refractivity contribution is 0.585. The molecular formula is C11H15BrN2. The fourth-order valence-electron chi connectivity index (χ4n) is 2.18. The topological polar surface area (TPSA) is 38.0 Å². The van der Waals surface area contributed by atoms with Crippen molar-refractivity contribution in [3.05, 3.63) is 28.2 Å². The van der Waals surface area contributed by atoms with Crippen LogP contribution in [0.25, 0.3) is 0 Å². The smallest absolute Gasteiger partial charge is 0.0523 e. The summed E-state index contributed by atoms with van der Waals surface area (Å²) in [7, 11) is 0. The number of nitrogens with two attached hydrogens (primary N) is 1. The molecule has 0 fully saturated rings. The van der Waals surface area contributed by atoms with Crippen molar-refractivity contribution in [1.82, 2.24) is 0 Å². The molecule has 0 amide bonds. The summed E-state index contributed by atoms with van der Waals surface area (Å²) >= 11 is 3.56. The van der Waals surface area contributed by atoms with E-state index in [2.05, 4.69) is 46.4 Å². The van der Waals surface area contributed by atoms with Gasteiger partial charge in [0.2, 0.25) is 0 Å². The van der Waals surface area contributed by atoms with Crippen LogP contribution in [0.5, 0.6) is 0 Å². The summed E-state index contributed by atoms with van der Waals surface area (Å²) in [5.74, 6) is 0.465. The van der Waals surface area contributed by atoms with Gasteiger partial charge in [-0.1, -0.05) is 19.1 Å². The zero-order valence-corrected chi connectivity index (χ0v) is 9.84. The molecule has 2 rings (SSSR count). The Hall–Kier alpha value is -0.540. The molecule has 0 aromatic heterocycles. The van der Waals surface area contributed by atoms with E-state index in [0.717, 1.165) is 17.4 Å². The van der Waals surface area contributed by atoms with Crippen molar-refractivity contribution in [1.29, 1.82) is 0 Å². The zero-order chi connectivity index (χ0) is 10.1. The highest BCUT2D eigenvalue weighted by molar-refractivity contribution is 9.10. The van der Waals surface area contributed by atoms with Gasteiger partial charge >= 0.3 is 0 Å². The molecule has 1 aliphatic rings. The average Bonchev–Trinajstić information content (AvgIpc) is 2.57. The molecule has 14 heavy (non-hydrogen) atoms. The van der Waals surface area contributed by atoms with E-state index in [1.807, 2.05) is 0 Å². The highest BCUT2D eigenvalue weighted by Gasteiger charge is 2.30. The predicted octanol–water partition coefficient (Wildman–Crippen LogP) is 2.70. The quantitative estimate of drug-likeness (QED) is 0.852. The van der Waals surface area contributed by atoms with Gasteiger partial charge in [0.25, 0.3) is 0 Å². The Bertz CT molecular complexity index is 338. The summed E-state index contributed by atoms with van der Waals surface area (Å²) in [4.78, 5) is 0. The molecule has 3 heteroatoms. The molecule has 0 bridgehead atoms. The molecular weight excluding hydrogens is 240 g/mol. The summed E-state index contributed by atoms with van der Waals surface area (Å²) in [6.07, 6.45) is 1.11. The molecule has 0 aliphatic carbocycles. The Balaban J connectivity index is 2.42. The lowest BCUT2D eigenvalue weighted by Gasteiger charge is -2.16. The Labute approximate surface area is 93.0 Å². The Kier molecular flexibility index (Phi) is 2.79. The standard InChI is InChI=1S/C11H15BrN2/c1-2-10-8(6-13)7-4-3-5-9(12)11(7)14-10/h3-5,8,10,14H,2,6,13H2,1H3/t8-,10-/m0/s1. The van der Waals surface area contributed by atoms with Crippen molar-refractivity contribution in [3.8, 4) is 0 Å². The van der Waals surface area contributed by atoms with Gasteiger partial charge < -0.3 is 11.1 Å². The zero-order valence-electron chi connectivity index (χ0n) is 8.26. The van der Waals surface area contributed by atoms with Gasteiger partial charge in [0.05, 0.1) is 5.69 Å². The van der Waals surface area contributed by atoms with Crippen LogP contribution in [0, 0.1) is 0 Å². The van der Waals surface area contributed by atoms with E-state index >= 15 is 0 Å². The molecule has 1 aromatic rings. The third kappa shape index (κ3) is 1.44. The summed E-state index contributed by atoms with van der Waals surface area (Å²) < 4.78 is 1.14. The highest BCUT2D eigenvalue weighted by atomic mass is 79.9. The highest BCUT2D eigenvalue weighted by Crippen LogP contribution is 2.40. The molecule has 3 N–H and O–H groups in total. The van der Waals surface area contributed by atoms with E-state index in [-0.39, 0.29) is 0 Å². The number of hydrogen-bond donors (Lipinski definition) is 2. The first-order chi connectivity index (χ1) is 6.77. The predicted molar refractivity (Wildman–Crippen MR) is 63.6 cm³/mol. The molecule has 76 valence electrons. The molecule has 0 saturated carbocycles. The number of rotatable bonds is 2. The van der Waals surface area contributed by atoms with Crippen LogP contribution in [-0.4, -0.2) is 12.6 Å². The van der Waals surface area contributed by atoms with E-state index in [9.17, 15) is 0 Å². The molecule has 0 saturated heterocycles. The second kappa shape index (κ2) is 3.91. The molecule has 2 nitrogen and oxygen atoms in total. The van der Waals surface area contributed by atoms with Crippen molar-refractivity contribution in [2.75, 3.05) is 11.9 Å². The molecule has 0 radical (unpaired) electrons. The Morgan fingerprint density at radius 3 is 2.93 bits per heavy atom. The van der Waals surface area contributed by atoms with Crippen LogP contribution in [0.15, 0.2) is 22.7 Å². The van der Waals surface area contributed by atoms with E-state index < -0.39 is 0 Å². The van der Waals surface area contributed by atoms with Crippen molar-refractivity contribution in [3.63, 3.8) is 0 Å². The van der Waals surface area contributed by atoms with Gasteiger partial charge in [-0.15, -0.1) is 0 Å². The Morgan fingerprint density at radius 1 is 1.50 bits per heavy atom. The van der Waals surface area contributed by atoms with Gasteiger partial charge in [0.15, 0.2) is 0 Å². The first-order valence-electron chi connectivity index (χ1n) is 5.03. The van der Waals surface area contributed by atoms with Gasteiger partial charge in [-0.25, -0.2) is 0 Å². The molecule has 1 aromatic carbocycles. The molecule has 1 aliphatic heterocycles. The summed E-state index contributed by atoms with van der Waals surface area (Å²) in [5, 5.41) is 3.53. The third-order valence-corrected chi connectivity index (χ3v) is 3.62. The SMILES string of the molecule is CC[C@@H]1Nc2c(Br)cccc2[C@@H]1CN. The maximum absolute atomic E-state index is 5.81. The van der Waals surface area contributed by atoms with Crippen LogP contribution in [0.3, 0.4) is 0 Å². The molecule has 2 atom stereocenters. The number of hydrogen-bond acceptors (Lipinski definition) is 2. The van der Waals surface area contributed by atoms with E-state index in [1.165, 1.54) is 11.3 Å². The summed E-state index contributed by atoms with van der Waals surface area (Å²) in [6.45, 7) is 2.91. The van der Waals surface area contributed by atoms with Crippen LogP contribution in [-0.2, 0) is 0 Å². The first-order valence-corrected chi connectivity index (χ1v) is 5.82. The lowest BCUT2D eigenvalue weighted by atomic mass is 9.94. The number of halogens is 1. The number of nitrogens with one attached hydrogen (secondary N) is 1. The minimum absolute atomic E-state index is 0.465. The van der Waals surface area contributed by atoms with Crippen LogP contribution in [0.4, 0.5) is 5.69 Å². The second-order valence-electron chi connectivity index (χ2n) is 3.71. The average molecular weight is 255 g/mol. The normalized spacial score (nSPS) is 24.5. The maximum atomic E-state index is 5.81. The maximum Gasteiger partial charge on any atom is 0.0523 e. The van der Waals surface area contributed by atoms with Gasteiger partial charge in [0, 0.05) is 23.0 Å². The van der Waals surface area contributed by atoms with Crippen LogP contribution in [0.1, 0.15) is 24.8 Å². The number of benzene rings is 1. The van der Waals surface area contributed by atoms with Crippen molar-refractivity contribution < 1.29 is 0 Å². The minimum atomic E-state index is 0.465. The van der Waals surface area contributed by atoms with Crippen molar-refractivity contribution in [2.24, 2.45) is 5.73 Å². The number of para-hydroxylation sites is 1. The van der Waals surface area contributed by atoms with E-state index in [1.54, 1.807) is 0 Å². The number of fused-ring (bicyclic) bond motifs is 1. The van der Waals surface area contributed by atoms with E-state index in [0.29, 0.717) is 12.0 Å². The fraction of sp³-hybridized carbons (Fsp3) is 0.455. The van der Waals surface area contributed by atoms with Gasteiger partial charge in [0.1, 0.15) is 0 Å². The van der Waals surface area contributed by atoms with Crippen LogP contribution in [0.2, 0.25) is 0 Å². The Morgan fingerprint density at radius 2 is 2.29 bits per heavy atom. The van der Waals surface area contributed by atoms with Crippen molar-refractivity contribution >= 4 is 21.6 Å². The molecule has 0 spiro atoms. The van der Waals surface area contributed by atoms with Gasteiger partial charge in [-0.3, -0.25) is 0 Å². The largest absolute Gasteiger partial charge is 0.381 e. The molecule has 1 heterocycles. The van der Waals surface area contributed by atoms with Crippen LogP contribution < -0.4 is 11.1 Å². The summed E-state index contributed by atoms with van der Waals surface area (Å²) in [6, 6.07) is 6.80. The van der Waals surface area contributed by atoms with Gasteiger partial charge in [-0.2, -0.15) is 0 Å². The lowest BCUT2D eigenvalue weighted by Crippen LogP contribution is -2.25. The van der Waals surface area contributed by atoms with Gasteiger partial charge in [-0.05, 0) is 34.0 Å². The molecule has 0 unspecified atom stereocenters. The number of anilines is 1. The monoisotopic (exact) mass is 254 g/mol. The summed E-state index contributed by atoms with van der Waals surface area (Å²) in [5.41, 5.74) is 8.40. The van der Waals surface area contributed by atoms with E-state index in [4.69, 9.17) is 5.73 Å². The minimum Gasteiger partial charge on any atom is -0.381 e. The van der Waals surface area contributed by atoms with Crippen LogP contribution >= 0.6 is 15.9 Å².